The second kappa shape index (κ2) is 6.96. The summed E-state index contributed by atoms with van der Waals surface area (Å²) < 4.78 is 78.7. The molecule has 1 nitrogen and oxygen atoms in total. The molecule has 0 amide bonds. The standard InChI is InChI=1S/C11H18F6OSi/c12-10(13,14)4-7-19(8-5-11(15,16)17)9-3-1-2-6-18-9/h9,19H,1-8H2. The smallest absolute Gasteiger partial charge is 0.382 e. The molecule has 1 atom stereocenters. The van der Waals surface area contributed by atoms with E-state index in [0.717, 1.165) is 12.8 Å². The molecule has 19 heavy (non-hydrogen) atoms. The lowest BCUT2D eigenvalue weighted by atomic mass is 10.2. The molecule has 114 valence electrons. The zero-order chi connectivity index (χ0) is 14.5. The molecule has 0 saturated carbocycles. The highest BCUT2D eigenvalue weighted by molar-refractivity contribution is 6.60. The largest absolute Gasteiger partial charge is 0.388 e. The zero-order valence-corrected chi connectivity index (χ0v) is 11.6. The summed E-state index contributed by atoms with van der Waals surface area (Å²) in [7, 11) is -2.18. The van der Waals surface area contributed by atoms with Gasteiger partial charge in [-0.1, -0.05) is 0 Å². The van der Waals surface area contributed by atoms with Gasteiger partial charge in [0, 0.05) is 25.2 Å². The van der Waals surface area contributed by atoms with Crippen molar-refractivity contribution in [1.29, 1.82) is 0 Å². The monoisotopic (exact) mass is 308 g/mol. The quantitative estimate of drug-likeness (QED) is 0.545. The van der Waals surface area contributed by atoms with E-state index in [1.807, 2.05) is 0 Å². The van der Waals surface area contributed by atoms with Crippen LogP contribution in [0.1, 0.15) is 32.1 Å². The van der Waals surface area contributed by atoms with E-state index in [1.54, 1.807) is 0 Å². The highest BCUT2D eigenvalue weighted by atomic mass is 28.3. The van der Waals surface area contributed by atoms with Gasteiger partial charge in [-0.15, -0.1) is 0 Å². The molecule has 0 N–H and O–H groups in total. The van der Waals surface area contributed by atoms with Crippen molar-refractivity contribution >= 4 is 8.80 Å². The van der Waals surface area contributed by atoms with Crippen LogP contribution >= 0.6 is 0 Å². The van der Waals surface area contributed by atoms with Crippen LogP contribution < -0.4 is 0 Å². The molecule has 1 heterocycles. The van der Waals surface area contributed by atoms with Crippen molar-refractivity contribution in [3.8, 4) is 0 Å². The fraction of sp³-hybridized carbons (Fsp3) is 1.00. The summed E-state index contributed by atoms with van der Waals surface area (Å²) in [6.45, 7) is 0.464. The second-order valence-corrected chi connectivity index (χ2v) is 8.39. The molecule has 1 saturated heterocycles. The first-order valence-corrected chi connectivity index (χ1v) is 8.72. The normalized spacial score (nSPS) is 21.9. The van der Waals surface area contributed by atoms with Gasteiger partial charge in [-0.3, -0.25) is 0 Å². The minimum atomic E-state index is -4.29. The Balaban J connectivity index is 2.51. The predicted octanol–water partition coefficient (Wildman–Crippen LogP) is 4.23. The third-order valence-electron chi connectivity index (χ3n) is 3.34. The molecule has 0 aliphatic carbocycles. The van der Waals surface area contributed by atoms with Gasteiger partial charge < -0.3 is 4.74 Å². The Morgan fingerprint density at radius 2 is 1.42 bits per heavy atom. The molecule has 0 aromatic carbocycles. The molecule has 1 fully saturated rings. The van der Waals surface area contributed by atoms with E-state index >= 15 is 0 Å². The van der Waals surface area contributed by atoms with Gasteiger partial charge in [0.2, 0.25) is 0 Å². The molecule has 0 bridgehead atoms. The summed E-state index contributed by atoms with van der Waals surface area (Å²) in [5.41, 5.74) is -0.321. The molecule has 0 radical (unpaired) electrons. The van der Waals surface area contributed by atoms with Gasteiger partial charge in [-0.25, -0.2) is 0 Å². The summed E-state index contributed by atoms with van der Waals surface area (Å²) in [5.74, 6) is 0. The van der Waals surface area contributed by atoms with E-state index in [4.69, 9.17) is 4.74 Å². The molecule has 1 aliphatic rings. The van der Waals surface area contributed by atoms with E-state index < -0.39 is 34.0 Å². The van der Waals surface area contributed by atoms with Crippen LogP contribution in [-0.4, -0.2) is 33.5 Å². The average molecular weight is 308 g/mol. The van der Waals surface area contributed by atoms with E-state index in [2.05, 4.69) is 0 Å². The van der Waals surface area contributed by atoms with Gasteiger partial charge in [0.05, 0.1) is 8.80 Å². The van der Waals surface area contributed by atoms with Gasteiger partial charge in [0.1, 0.15) is 0 Å². The minimum absolute atomic E-state index is 0.149. The number of halogens is 6. The predicted molar refractivity (Wildman–Crippen MR) is 61.7 cm³/mol. The average Bonchev–Trinajstić information content (AvgIpc) is 2.27. The lowest BCUT2D eigenvalue weighted by Crippen LogP contribution is -2.37. The van der Waals surface area contributed by atoms with Gasteiger partial charge in [0.15, 0.2) is 0 Å². The highest BCUT2D eigenvalue weighted by Gasteiger charge is 2.35. The first-order chi connectivity index (χ1) is 8.67. The van der Waals surface area contributed by atoms with Gasteiger partial charge in [0.25, 0.3) is 0 Å². The van der Waals surface area contributed by atoms with Crippen molar-refractivity contribution in [3.05, 3.63) is 0 Å². The van der Waals surface area contributed by atoms with Gasteiger partial charge in [-0.05, 0) is 31.4 Å². The van der Waals surface area contributed by atoms with Crippen LogP contribution in [0.2, 0.25) is 12.1 Å². The molecular formula is C11H18F6OSi. The Morgan fingerprint density at radius 3 is 1.79 bits per heavy atom. The third kappa shape index (κ3) is 7.81. The second-order valence-electron chi connectivity index (χ2n) is 4.97. The minimum Gasteiger partial charge on any atom is -0.382 e. The van der Waals surface area contributed by atoms with Crippen LogP contribution in [0.5, 0.6) is 0 Å². The molecule has 8 heteroatoms. The van der Waals surface area contributed by atoms with Crippen molar-refractivity contribution in [2.24, 2.45) is 0 Å². The molecule has 0 spiro atoms. The van der Waals surface area contributed by atoms with Crippen LogP contribution in [-0.2, 0) is 4.74 Å². The Bertz CT molecular complexity index is 241. The summed E-state index contributed by atoms with van der Waals surface area (Å²) in [5, 5.41) is 0. The summed E-state index contributed by atoms with van der Waals surface area (Å²) in [6, 6.07) is -0.297. The van der Waals surface area contributed by atoms with Crippen LogP contribution in [0, 0.1) is 0 Å². The Kier molecular flexibility index (Phi) is 6.16. The number of rotatable bonds is 5. The number of ether oxygens (including phenoxy) is 1. The molecule has 0 aromatic rings. The van der Waals surface area contributed by atoms with Crippen molar-refractivity contribution in [2.75, 3.05) is 6.61 Å². The van der Waals surface area contributed by atoms with E-state index in [9.17, 15) is 26.3 Å². The first-order valence-electron chi connectivity index (χ1n) is 6.42. The van der Waals surface area contributed by atoms with Crippen molar-refractivity contribution in [1.82, 2.24) is 0 Å². The van der Waals surface area contributed by atoms with E-state index in [0.29, 0.717) is 13.0 Å². The molecule has 1 aliphatic heterocycles. The molecule has 1 rings (SSSR count). The van der Waals surface area contributed by atoms with Crippen LogP contribution in [0.3, 0.4) is 0 Å². The SMILES string of the molecule is FC(F)(F)CC[SiH](CCC(F)(F)F)C1CCCCO1. The van der Waals surface area contributed by atoms with E-state index in [1.165, 1.54) is 0 Å². The maximum Gasteiger partial charge on any atom is 0.388 e. The molecule has 0 aromatic heterocycles. The highest BCUT2D eigenvalue weighted by Crippen LogP contribution is 2.30. The van der Waals surface area contributed by atoms with E-state index in [-0.39, 0.29) is 17.8 Å². The Morgan fingerprint density at radius 1 is 0.895 bits per heavy atom. The van der Waals surface area contributed by atoms with Crippen LogP contribution in [0.15, 0.2) is 0 Å². The Hall–Kier alpha value is -0.243. The maximum atomic E-state index is 12.2. The van der Waals surface area contributed by atoms with Crippen molar-refractivity contribution in [2.45, 2.75) is 62.3 Å². The first kappa shape index (κ1) is 16.8. The third-order valence-corrected chi connectivity index (χ3v) is 6.98. The summed E-state index contributed by atoms with van der Waals surface area (Å²) in [4.78, 5) is 0. The van der Waals surface area contributed by atoms with Crippen LogP contribution in [0.25, 0.3) is 0 Å². The maximum absolute atomic E-state index is 12.2. The fourth-order valence-electron chi connectivity index (χ4n) is 2.35. The molecule has 1 unspecified atom stereocenters. The Labute approximate surface area is 109 Å². The topological polar surface area (TPSA) is 9.23 Å². The molecular weight excluding hydrogens is 290 g/mol. The number of hydrogen-bond donors (Lipinski definition) is 0. The van der Waals surface area contributed by atoms with Crippen LogP contribution in [0.4, 0.5) is 26.3 Å². The lowest BCUT2D eigenvalue weighted by Gasteiger charge is -2.30. The summed E-state index contributed by atoms with van der Waals surface area (Å²) >= 11 is 0. The fourth-order valence-corrected chi connectivity index (χ4v) is 5.90. The summed E-state index contributed by atoms with van der Waals surface area (Å²) in [6.07, 6.45) is -8.26. The van der Waals surface area contributed by atoms with Crippen molar-refractivity contribution in [3.63, 3.8) is 0 Å². The van der Waals surface area contributed by atoms with Crippen molar-refractivity contribution < 1.29 is 31.1 Å². The number of alkyl halides is 6. The van der Waals surface area contributed by atoms with Gasteiger partial charge in [-0.2, -0.15) is 26.3 Å². The van der Waals surface area contributed by atoms with Gasteiger partial charge >= 0.3 is 12.4 Å². The lowest BCUT2D eigenvalue weighted by molar-refractivity contribution is -0.131. The zero-order valence-electron chi connectivity index (χ0n) is 10.5. The number of hydrogen-bond acceptors (Lipinski definition) is 1.